The van der Waals surface area contributed by atoms with Crippen molar-refractivity contribution < 1.29 is 13.2 Å². The Morgan fingerprint density at radius 2 is 2.13 bits per heavy atom. The maximum atomic E-state index is 12.7. The summed E-state index contributed by atoms with van der Waals surface area (Å²) in [6.07, 6.45) is 4.24. The fourth-order valence-electron chi connectivity index (χ4n) is 2.91. The van der Waals surface area contributed by atoms with Crippen LogP contribution in [0.5, 0.6) is 0 Å². The quantitative estimate of drug-likeness (QED) is 0.746. The number of rotatable bonds is 6. The highest BCUT2D eigenvalue weighted by Gasteiger charge is 2.39. The molecular weight excluding hydrogens is 380 g/mol. The lowest BCUT2D eigenvalue weighted by molar-refractivity contribution is -0.119. The Morgan fingerprint density at radius 1 is 1.39 bits per heavy atom. The fraction of sp³-hybridized carbons (Fsp3) is 0.562. The minimum Gasteiger partial charge on any atom is -0.310 e. The molecule has 0 aromatic heterocycles. The van der Waals surface area contributed by atoms with Crippen LogP contribution < -0.4 is 9.62 Å². The van der Waals surface area contributed by atoms with Gasteiger partial charge in [0.25, 0.3) is 0 Å². The number of carbonyl (C=O) groups excluding carboxylic acids is 1. The zero-order valence-corrected chi connectivity index (χ0v) is 15.5. The van der Waals surface area contributed by atoms with Gasteiger partial charge in [-0.15, -0.1) is 0 Å². The Hall–Kier alpha value is -0.920. The van der Waals surface area contributed by atoms with Crippen molar-refractivity contribution in [1.29, 1.82) is 0 Å². The van der Waals surface area contributed by atoms with Crippen molar-refractivity contribution in [1.82, 2.24) is 4.72 Å². The number of amides is 1. The molecule has 1 amide bonds. The maximum Gasteiger partial charge on any atom is 0.242 e. The van der Waals surface area contributed by atoms with Crippen LogP contribution in [0.1, 0.15) is 38.2 Å². The van der Waals surface area contributed by atoms with Crippen molar-refractivity contribution in [3.8, 4) is 0 Å². The van der Waals surface area contributed by atoms with Gasteiger partial charge in [-0.1, -0.05) is 29.3 Å². The van der Waals surface area contributed by atoms with Gasteiger partial charge in [0, 0.05) is 23.5 Å². The molecule has 0 spiro atoms. The second-order valence-corrected chi connectivity index (χ2v) is 8.83. The van der Waals surface area contributed by atoms with Crippen molar-refractivity contribution in [3.63, 3.8) is 0 Å². The Bertz CT molecular complexity index is 729. The van der Waals surface area contributed by atoms with Crippen LogP contribution >= 0.6 is 15.9 Å². The first-order chi connectivity index (χ1) is 10.9. The number of nitrogens with one attached hydrogen (secondary N) is 1. The van der Waals surface area contributed by atoms with Gasteiger partial charge >= 0.3 is 0 Å². The van der Waals surface area contributed by atoms with E-state index in [0.29, 0.717) is 25.2 Å². The van der Waals surface area contributed by atoms with Crippen LogP contribution in [0, 0.1) is 5.92 Å². The average Bonchev–Trinajstić information content (AvgIpc) is 3.26. The number of carbonyl (C=O) groups is 1. The molecule has 23 heavy (non-hydrogen) atoms. The largest absolute Gasteiger partial charge is 0.310 e. The normalized spacial score (nSPS) is 17.4. The van der Waals surface area contributed by atoms with Gasteiger partial charge in [0.1, 0.15) is 4.90 Å². The number of nitrogens with zero attached hydrogens (tertiary/aromatic N) is 1. The number of unbranched alkanes of at least 4 members (excludes halogenated alkanes) is 1. The first kappa shape index (κ1) is 16.9. The lowest BCUT2D eigenvalue weighted by Crippen LogP contribution is -2.33. The summed E-state index contributed by atoms with van der Waals surface area (Å²) in [5.74, 6) is 0.143. The van der Waals surface area contributed by atoms with E-state index in [1.54, 1.807) is 11.0 Å². The molecule has 0 saturated heterocycles. The van der Waals surface area contributed by atoms with Crippen molar-refractivity contribution in [2.75, 3.05) is 18.0 Å². The van der Waals surface area contributed by atoms with Crippen molar-refractivity contribution >= 4 is 37.5 Å². The van der Waals surface area contributed by atoms with Gasteiger partial charge in [0.2, 0.25) is 15.9 Å². The molecule has 1 aromatic carbocycles. The molecule has 2 aliphatic rings. The third kappa shape index (κ3) is 3.46. The number of hydrogen-bond donors (Lipinski definition) is 1. The molecule has 5 nitrogen and oxygen atoms in total. The van der Waals surface area contributed by atoms with E-state index >= 15 is 0 Å². The van der Waals surface area contributed by atoms with Crippen LogP contribution in [-0.2, 0) is 21.2 Å². The van der Waals surface area contributed by atoms with Crippen molar-refractivity contribution in [2.45, 2.75) is 43.9 Å². The molecule has 1 aliphatic carbocycles. The summed E-state index contributed by atoms with van der Waals surface area (Å²) in [7, 11) is -3.63. The summed E-state index contributed by atoms with van der Waals surface area (Å²) in [4.78, 5) is 14.4. The number of hydrogen-bond acceptors (Lipinski definition) is 3. The fourth-order valence-corrected chi connectivity index (χ4v) is 4.91. The Morgan fingerprint density at radius 3 is 2.78 bits per heavy atom. The van der Waals surface area contributed by atoms with Crippen LogP contribution in [-0.4, -0.2) is 27.4 Å². The van der Waals surface area contributed by atoms with Gasteiger partial charge in [0.05, 0.1) is 5.69 Å². The summed E-state index contributed by atoms with van der Waals surface area (Å²) >= 11 is 3.39. The van der Waals surface area contributed by atoms with Crippen LogP contribution in [0.2, 0.25) is 0 Å². The molecule has 0 radical (unpaired) electrons. The monoisotopic (exact) mass is 400 g/mol. The SMILES string of the molecule is CCCCNS(=O)(=O)c1cc(Br)cc2c1N(C(=O)C1CC1)CC2. The number of anilines is 1. The smallest absolute Gasteiger partial charge is 0.242 e. The second-order valence-electron chi connectivity index (χ2n) is 6.18. The molecule has 1 aliphatic heterocycles. The van der Waals surface area contributed by atoms with Crippen molar-refractivity contribution in [2.24, 2.45) is 5.92 Å². The number of fused-ring (bicyclic) bond motifs is 1. The Labute approximate surface area is 145 Å². The van der Waals surface area contributed by atoms with Gasteiger partial charge in [-0.05, 0) is 43.4 Å². The van der Waals surface area contributed by atoms with E-state index in [9.17, 15) is 13.2 Å². The van der Waals surface area contributed by atoms with Gasteiger partial charge in [0.15, 0.2) is 0 Å². The minimum atomic E-state index is -3.63. The van der Waals surface area contributed by atoms with E-state index in [1.165, 1.54) is 0 Å². The summed E-state index contributed by atoms with van der Waals surface area (Å²) in [5.41, 5.74) is 1.50. The number of sulfonamides is 1. The first-order valence-corrected chi connectivity index (χ1v) is 10.3. The lowest BCUT2D eigenvalue weighted by Gasteiger charge is -2.21. The topological polar surface area (TPSA) is 66.5 Å². The molecule has 0 unspecified atom stereocenters. The van der Waals surface area contributed by atoms with Gasteiger partial charge < -0.3 is 4.90 Å². The predicted octanol–water partition coefficient (Wildman–Crippen LogP) is 2.83. The molecule has 7 heteroatoms. The molecule has 1 saturated carbocycles. The molecule has 1 aromatic rings. The van der Waals surface area contributed by atoms with E-state index in [-0.39, 0.29) is 16.7 Å². The average molecular weight is 401 g/mol. The molecule has 126 valence electrons. The third-order valence-corrected chi connectivity index (χ3v) is 6.23. The zero-order valence-electron chi connectivity index (χ0n) is 13.1. The highest BCUT2D eigenvalue weighted by atomic mass is 79.9. The Balaban J connectivity index is 1.98. The van der Waals surface area contributed by atoms with E-state index < -0.39 is 10.0 Å². The van der Waals surface area contributed by atoms with Gasteiger partial charge in [-0.3, -0.25) is 4.79 Å². The highest BCUT2D eigenvalue weighted by molar-refractivity contribution is 9.10. The number of benzene rings is 1. The van der Waals surface area contributed by atoms with Gasteiger partial charge in [-0.2, -0.15) is 0 Å². The molecule has 1 fully saturated rings. The molecule has 1 heterocycles. The molecule has 0 atom stereocenters. The summed E-state index contributed by atoms with van der Waals surface area (Å²) in [6, 6.07) is 3.52. The predicted molar refractivity (Wildman–Crippen MR) is 93.0 cm³/mol. The van der Waals surface area contributed by atoms with E-state index in [1.807, 2.05) is 13.0 Å². The second kappa shape index (κ2) is 6.53. The third-order valence-electron chi connectivity index (χ3n) is 4.30. The van der Waals surface area contributed by atoms with Crippen LogP contribution in [0.4, 0.5) is 5.69 Å². The summed E-state index contributed by atoms with van der Waals surface area (Å²) < 4.78 is 28.8. The minimum absolute atomic E-state index is 0.0658. The summed E-state index contributed by atoms with van der Waals surface area (Å²) in [5, 5.41) is 0. The summed E-state index contributed by atoms with van der Waals surface area (Å²) in [6.45, 7) is 3.00. The highest BCUT2D eigenvalue weighted by Crippen LogP contribution is 2.41. The van der Waals surface area contributed by atoms with Crippen molar-refractivity contribution in [3.05, 3.63) is 22.2 Å². The maximum absolute atomic E-state index is 12.7. The van der Waals surface area contributed by atoms with Gasteiger partial charge in [-0.25, -0.2) is 13.1 Å². The molecular formula is C16H21BrN2O3S. The Kier molecular flexibility index (Phi) is 4.80. The number of halogens is 1. The van der Waals surface area contributed by atoms with E-state index in [0.717, 1.165) is 35.7 Å². The van der Waals surface area contributed by atoms with Crippen LogP contribution in [0.3, 0.4) is 0 Å². The molecule has 0 bridgehead atoms. The van der Waals surface area contributed by atoms with Crippen LogP contribution in [0.25, 0.3) is 0 Å². The van der Waals surface area contributed by atoms with E-state index in [4.69, 9.17) is 0 Å². The molecule has 3 rings (SSSR count). The zero-order chi connectivity index (χ0) is 16.6. The standard InChI is InChI=1S/C16H21BrN2O3S/c1-2-3-7-18-23(21,22)14-10-13(17)9-12-6-8-19(15(12)14)16(20)11-4-5-11/h9-11,18H,2-8H2,1H3. The van der Waals surface area contributed by atoms with Crippen LogP contribution in [0.15, 0.2) is 21.5 Å². The lowest BCUT2D eigenvalue weighted by atomic mass is 10.2. The molecule has 1 N–H and O–H groups in total. The van der Waals surface area contributed by atoms with E-state index in [2.05, 4.69) is 20.7 Å². The first-order valence-electron chi connectivity index (χ1n) is 8.07.